The number of ether oxygens (including phenoxy) is 2. The average Bonchev–Trinajstić information content (AvgIpc) is 3.05. The molecular weight excluding hydrogens is 290 g/mol. The minimum atomic E-state index is -0.0648. The van der Waals surface area contributed by atoms with Gasteiger partial charge in [0.15, 0.2) is 11.5 Å². The predicted octanol–water partition coefficient (Wildman–Crippen LogP) is 4.48. The standard InChI is InChI=1S/C19H25NO3/c1-13-16(8-5-9-17(13)21)20-14-10-11-18(22-2)19(12-14)23-15-6-3-4-7-15/h10-13,15H,3-9H2,1-2H3. The minimum absolute atomic E-state index is 0.0648. The van der Waals surface area contributed by atoms with E-state index >= 15 is 0 Å². The first-order valence-corrected chi connectivity index (χ1v) is 8.62. The Bertz CT molecular complexity index is 603. The number of nitrogens with zero attached hydrogens (tertiary/aromatic N) is 1. The van der Waals surface area contributed by atoms with Crippen LogP contribution in [0, 0.1) is 5.92 Å². The molecule has 4 heteroatoms. The molecule has 1 unspecified atom stereocenters. The maximum absolute atomic E-state index is 11.9. The van der Waals surface area contributed by atoms with E-state index in [1.807, 2.05) is 25.1 Å². The van der Waals surface area contributed by atoms with Crippen molar-refractivity contribution in [3.8, 4) is 11.5 Å². The van der Waals surface area contributed by atoms with Crippen molar-refractivity contribution in [3.05, 3.63) is 18.2 Å². The molecule has 2 fully saturated rings. The molecule has 0 aliphatic heterocycles. The zero-order chi connectivity index (χ0) is 16.2. The second kappa shape index (κ2) is 7.16. The van der Waals surface area contributed by atoms with Crippen LogP contribution >= 0.6 is 0 Å². The predicted molar refractivity (Wildman–Crippen MR) is 91.0 cm³/mol. The zero-order valence-electron chi connectivity index (χ0n) is 14.0. The Balaban J connectivity index is 1.83. The monoisotopic (exact) mass is 315 g/mol. The van der Waals surface area contributed by atoms with Crippen LogP contribution < -0.4 is 9.47 Å². The molecule has 3 rings (SSSR count). The maximum Gasteiger partial charge on any atom is 0.163 e. The molecule has 1 atom stereocenters. The number of rotatable bonds is 4. The second-order valence-electron chi connectivity index (χ2n) is 6.50. The van der Waals surface area contributed by atoms with Gasteiger partial charge in [0.05, 0.1) is 24.8 Å². The van der Waals surface area contributed by atoms with Crippen LogP contribution in [0.2, 0.25) is 0 Å². The lowest BCUT2D eigenvalue weighted by Crippen LogP contribution is -2.25. The van der Waals surface area contributed by atoms with Crippen LogP contribution in [0.15, 0.2) is 23.2 Å². The van der Waals surface area contributed by atoms with Crippen molar-refractivity contribution in [2.75, 3.05) is 7.11 Å². The fourth-order valence-electron chi connectivity index (χ4n) is 3.39. The topological polar surface area (TPSA) is 47.9 Å². The van der Waals surface area contributed by atoms with E-state index in [0.29, 0.717) is 12.2 Å². The summed E-state index contributed by atoms with van der Waals surface area (Å²) in [6, 6.07) is 5.77. The summed E-state index contributed by atoms with van der Waals surface area (Å²) in [5.74, 6) is 1.74. The number of hydrogen-bond donors (Lipinski definition) is 0. The summed E-state index contributed by atoms with van der Waals surface area (Å²) >= 11 is 0. The van der Waals surface area contributed by atoms with Gasteiger partial charge in [-0.05, 0) is 50.7 Å². The molecule has 0 aromatic heterocycles. The van der Waals surface area contributed by atoms with Crippen molar-refractivity contribution in [2.45, 2.75) is 58.0 Å². The van der Waals surface area contributed by atoms with E-state index in [2.05, 4.69) is 0 Å². The number of carbonyl (C=O) groups excluding carboxylic acids is 1. The van der Waals surface area contributed by atoms with Crippen LogP contribution in [-0.2, 0) is 4.79 Å². The normalized spacial score (nSPS) is 24.2. The van der Waals surface area contributed by atoms with Gasteiger partial charge in [-0.1, -0.05) is 6.92 Å². The molecule has 23 heavy (non-hydrogen) atoms. The number of Topliss-reactive ketones (excluding diaryl/α,β-unsaturated/α-hetero) is 1. The van der Waals surface area contributed by atoms with Crippen molar-refractivity contribution in [3.63, 3.8) is 0 Å². The van der Waals surface area contributed by atoms with Gasteiger partial charge in [0, 0.05) is 18.2 Å². The number of aliphatic imine (C=N–C) groups is 1. The third-order valence-corrected chi connectivity index (χ3v) is 4.85. The lowest BCUT2D eigenvalue weighted by atomic mass is 9.87. The molecule has 0 radical (unpaired) electrons. The Labute approximate surface area is 137 Å². The number of carbonyl (C=O) groups is 1. The summed E-state index contributed by atoms with van der Waals surface area (Å²) < 4.78 is 11.5. The van der Waals surface area contributed by atoms with Gasteiger partial charge in [-0.15, -0.1) is 0 Å². The number of benzene rings is 1. The first kappa shape index (κ1) is 16.0. The van der Waals surface area contributed by atoms with E-state index < -0.39 is 0 Å². The minimum Gasteiger partial charge on any atom is -0.493 e. The van der Waals surface area contributed by atoms with Crippen molar-refractivity contribution < 1.29 is 14.3 Å². The van der Waals surface area contributed by atoms with Crippen LogP contribution in [0.1, 0.15) is 51.9 Å². The number of ketones is 1. The molecule has 2 aliphatic rings. The van der Waals surface area contributed by atoms with Gasteiger partial charge in [0.25, 0.3) is 0 Å². The van der Waals surface area contributed by atoms with Crippen molar-refractivity contribution >= 4 is 17.2 Å². The van der Waals surface area contributed by atoms with Gasteiger partial charge in [0.2, 0.25) is 0 Å². The van der Waals surface area contributed by atoms with E-state index in [4.69, 9.17) is 14.5 Å². The summed E-state index contributed by atoms with van der Waals surface area (Å²) in [6.07, 6.45) is 7.44. The molecule has 0 bridgehead atoms. The van der Waals surface area contributed by atoms with E-state index in [0.717, 1.165) is 48.6 Å². The summed E-state index contributed by atoms with van der Waals surface area (Å²) in [6.45, 7) is 1.96. The zero-order valence-corrected chi connectivity index (χ0v) is 14.0. The van der Waals surface area contributed by atoms with Crippen LogP contribution in [-0.4, -0.2) is 24.7 Å². The van der Waals surface area contributed by atoms with Gasteiger partial charge in [0.1, 0.15) is 5.78 Å². The highest BCUT2D eigenvalue weighted by Crippen LogP contribution is 2.35. The smallest absolute Gasteiger partial charge is 0.163 e. The summed E-state index contributed by atoms with van der Waals surface area (Å²) in [4.78, 5) is 16.6. The lowest BCUT2D eigenvalue weighted by molar-refractivity contribution is -0.121. The quantitative estimate of drug-likeness (QED) is 0.823. The molecule has 0 amide bonds. The van der Waals surface area contributed by atoms with Crippen LogP contribution in [0.3, 0.4) is 0 Å². The fourth-order valence-corrected chi connectivity index (χ4v) is 3.39. The van der Waals surface area contributed by atoms with E-state index in [9.17, 15) is 4.79 Å². The van der Waals surface area contributed by atoms with Gasteiger partial charge in [-0.2, -0.15) is 0 Å². The SMILES string of the molecule is COc1ccc(N=C2CCCC(=O)C2C)cc1OC1CCCC1. The highest BCUT2D eigenvalue weighted by Gasteiger charge is 2.24. The van der Waals surface area contributed by atoms with Gasteiger partial charge in [-0.3, -0.25) is 9.79 Å². The van der Waals surface area contributed by atoms with Gasteiger partial charge < -0.3 is 9.47 Å². The van der Waals surface area contributed by atoms with E-state index in [1.54, 1.807) is 7.11 Å². The van der Waals surface area contributed by atoms with Crippen molar-refractivity contribution in [2.24, 2.45) is 10.9 Å². The maximum atomic E-state index is 11.9. The first-order chi connectivity index (χ1) is 11.2. The summed E-state index contributed by atoms with van der Waals surface area (Å²) in [7, 11) is 1.66. The second-order valence-corrected chi connectivity index (χ2v) is 6.50. The molecule has 4 nitrogen and oxygen atoms in total. The lowest BCUT2D eigenvalue weighted by Gasteiger charge is -2.20. The molecule has 0 saturated heterocycles. The van der Waals surface area contributed by atoms with E-state index in [1.165, 1.54) is 12.8 Å². The molecule has 0 spiro atoms. The van der Waals surface area contributed by atoms with E-state index in [-0.39, 0.29) is 12.0 Å². The van der Waals surface area contributed by atoms with Crippen LogP contribution in [0.25, 0.3) is 0 Å². The summed E-state index contributed by atoms with van der Waals surface area (Å²) in [5, 5.41) is 0. The molecular formula is C19H25NO3. The van der Waals surface area contributed by atoms with Crippen molar-refractivity contribution in [1.29, 1.82) is 0 Å². The third kappa shape index (κ3) is 3.74. The Morgan fingerprint density at radius 1 is 1.09 bits per heavy atom. The molecule has 2 saturated carbocycles. The highest BCUT2D eigenvalue weighted by atomic mass is 16.5. The largest absolute Gasteiger partial charge is 0.493 e. The van der Waals surface area contributed by atoms with Gasteiger partial charge >= 0.3 is 0 Å². The summed E-state index contributed by atoms with van der Waals surface area (Å²) in [5.41, 5.74) is 1.83. The molecule has 1 aromatic carbocycles. The fraction of sp³-hybridized carbons (Fsp3) is 0.579. The average molecular weight is 315 g/mol. The highest BCUT2D eigenvalue weighted by molar-refractivity contribution is 6.07. The molecule has 1 aromatic rings. The third-order valence-electron chi connectivity index (χ3n) is 4.85. The molecule has 0 N–H and O–H groups in total. The Hall–Kier alpha value is -1.84. The Morgan fingerprint density at radius 2 is 1.87 bits per heavy atom. The molecule has 124 valence electrons. The molecule has 0 heterocycles. The Kier molecular flexibility index (Phi) is 4.99. The first-order valence-electron chi connectivity index (χ1n) is 8.62. The van der Waals surface area contributed by atoms with Crippen molar-refractivity contribution in [1.82, 2.24) is 0 Å². The number of hydrogen-bond acceptors (Lipinski definition) is 4. The van der Waals surface area contributed by atoms with Crippen LogP contribution in [0.5, 0.6) is 11.5 Å². The van der Waals surface area contributed by atoms with Gasteiger partial charge in [-0.25, -0.2) is 0 Å². The van der Waals surface area contributed by atoms with Crippen LogP contribution in [0.4, 0.5) is 5.69 Å². The number of methoxy groups -OCH3 is 1. The Morgan fingerprint density at radius 3 is 2.61 bits per heavy atom. The molecule has 2 aliphatic carbocycles.